The predicted molar refractivity (Wildman–Crippen MR) is 114 cm³/mol. The van der Waals surface area contributed by atoms with Crippen LogP contribution >= 0.6 is 0 Å². The number of rotatable bonds is 3. The Morgan fingerprint density at radius 1 is 1.07 bits per heavy atom. The maximum atomic E-state index is 13.4. The molecule has 1 amide bonds. The summed E-state index contributed by atoms with van der Waals surface area (Å²) in [6.07, 6.45) is 1.88. The van der Waals surface area contributed by atoms with E-state index in [0.29, 0.717) is 23.3 Å². The van der Waals surface area contributed by atoms with Crippen LogP contribution in [-0.4, -0.2) is 40.6 Å². The second-order valence-electron chi connectivity index (χ2n) is 8.57. The Labute approximate surface area is 176 Å². The first kappa shape index (κ1) is 18.9. The number of nitrogens with zero attached hydrogens (tertiary/aromatic N) is 4. The van der Waals surface area contributed by atoms with Crippen LogP contribution in [0.1, 0.15) is 39.1 Å². The number of aryl methyl sites for hydroxylation is 3. The molecule has 0 radical (unpaired) electrons. The largest absolute Gasteiger partial charge is 0.371 e. The van der Waals surface area contributed by atoms with E-state index in [1.807, 2.05) is 24.9 Å². The molecule has 2 aromatic heterocycles. The molecule has 2 aliphatic rings. The summed E-state index contributed by atoms with van der Waals surface area (Å²) in [6, 6.07) is 14.4. The van der Waals surface area contributed by atoms with Crippen molar-refractivity contribution in [1.82, 2.24) is 15.0 Å². The van der Waals surface area contributed by atoms with Gasteiger partial charge in [0.05, 0.1) is 6.04 Å². The Balaban J connectivity index is 1.49. The molecule has 1 aromatic carbocycles. The second kappa shape index (κ2) is 7.27. The van der Waals surface area contributed by atoms with Gasteiger partial charge in [0.15, 0.2) is 5.69 Å². The van der Waals surface area contributed by atoms with E-state index in [2.05, 4.69) is 58.4 Å². The molecule has 3 atom stereocenters. The molecule has 0 saturated carbocycles. The summed E-state index contributed by atoms with van der Waals surface area (Å²) in [5.74, 6) is 1.40. The van der Waals surface area contributed by atoms with Gasteiger partial charge in [-0.05, 0) is 44.0 Å². The number of aromatic nitrogens is 2. The molecule has 30 heavy (non-hydrogen) atoms. The molecule has 0 N–H and O–H groups in total. The van der Waals surface area contributed by atoms with Gasteiger partial charge in [0, 0.05) is 55.1 Å². The molecule has 2 fully saturated rings. The quantitative estimate of drug-likeness (QED) is 0.664. The third kappa shape index (κ3) is 3.16. The van der Waals surface area contributed by atoms with Crippen molar-refractivity contribution in [2.45, 2.75) is 26.8 Å². The normalized spacial score (nSPS) is 23.1. The van der Waals surface area contributed by atoms with Crippen molar-refractivity contribution in [2.75, 3.05) is 24.5 Å². The summed E-state index contributed by atoms with van der Waals surface area (Å²) in [5.41, 5.74) is 5.08. The molecule has 3 aromatic rings. The Hall–Kier alpha value is -3.15. The van der Waals surface area contributed by atoms with Crippen molar-refractivity contribution in [3.8, 4) is 0 Å². The van der Waals surface area contributed by atoms with Crippen LogP contribution in [0.3, 0.4) is 0 Å². The van der Waals surface area contributed by atoms with Gasteiger partial charge in [0.1, 0.15) is 5.76 Å². The van der Waals surface area contributed by atoms with E-state index in [4.69, 9.17) is 4.52 Å². The van der Waals surface area contributed by atoms with Crippen LogP contribution in [0.5, 0.6) is 0 Å². The summed E-state index contributed by atoms with van der Waals surface area (Å²) in [7, 11) is 0. The molecule has 0 spiro atoms. The minimum Gasteiger partial charge on any atom is -0.371 e. The van der Waals surface area contributed by atoms with Crippen LogP contribution in [0, 0.1) is 32.6 Å². The highest BCUT2D eigenvalue weighted by Gasteiger charge is 2.50. The lowest BCUT2D eigenvalue weighted by Crippen LogP contribution is -2.36. The predicted octanol–water partition coefficient (Wildman–Crippen LogP) is 3.94. The first-order valence-electron chi connectivity index (χ1n) is 10.5. The summed E-state index contributed by atoms with van der Waals surface area (Å²) in [4.78, 5) is 22.2. The lowest BCUT2D eigenvalue weighted by Gasteiger charge is -2.31. The van der Waals surface area contributed by atoms with E-state index in [0.717, 1.165) is 25.3 Å². The van der Waals surface area contributed by atoms with Gasteiger partial charge >= 0.3 is 0 Å². The SMILES string of the molecule is Cc1cc(N2C[C@H]3CN(C(=O)c4cc(C)on4)[C@@H](c4ccccc4C)[C@H]3C2)ccn1. The topological polar surface area (TPSA) is 62.5 Å². The Bertz CT molecular complexity index is 1090. The fraction of sp³-hybridized carbons (Fsp3) is 0.375. The van der Waals surface area contributed by atoms with Crippen LogP contribution in [0.25, 0.3) is 0 Å². The Morgan fingerprint density at radius 3 is 2.63 bits per heavy atom. The average Bonchev–Trinajstić information content (AvgIpc) is 3.42. The zero-order chi connectivity index (χ0) is 20.8. The van der Waals surface area contributed by atoms with Gasteiger partial charge in [0.2, 0.25) is 0 Å². The van der Waals surface area contributed by atoms with Crippen molar-refractivity contribution < 1.29 is 9.32 Å². The number of carbonyl (C=O) groups is 1. The molecule has 5 rings (SSSR count). The first-order valence-corrected chi connectivity index (χ1v) is 10.5. The van der Waals surface area contributed by atoms with Gasteiger partial charge in [-0.2, -0.15) is 0 Å². The smallest absolute Gasteiger partial charge is 0.276 e. The van der Waals surface area contributed by atoms with Crippen molar-refractivity contribution in [3.63, 3.8) is 0 Å². The Morgan fingerprint density at radius 2 is 1.90 bits per heavy atom. The van der Waals surface area contributed by atoms with Crippen LogP contribution < -0.4 is 4.90 Å². The molecular weight excluding hydrogens is 376 g/mol. The molecule has 6 heteroatoms. The monoisotopic (exact) mass is 402 g/mol. The van der Waals surface area contributed by atoms with Crippen LogP contribution in [0.15, 0.2) is 53.2 Å². The van der Waals surface area contributed by atoms with E-state index in [1.165, 1.54) is 16.8 Å². The lowest BCUT2D eigenvalue weighted by molar-refractivity contribution is 0.0704. The Kier molecular flexibility index (Phi) is 4.57. The number of hydrogen-bond donors (Lipinski definition) is 0. The van der Waals surface area contributed by atoms with Gasteiger partial charge in [-0.25, -0.2) is 0 Å². The van der Waals surface area contributed by atoms with E-state index in [9.17, 15) is 4.79 Å². The molecular formula is C24H26N4O2. The van der Waals surface area contributed by atoms with Gasteiger partial charge in [-0.3, -0.25) is 9.78 Å². The van der Waals surface area contributed by atoms with Crippen LogP contribution in [0.4, 0.5) is 5.69 Å². The zero-order valence-electron chi connectivity index (χ0n) is 17.6. The van der Waals surface area contributed by atoms with Crippen LogP contribution in [-0.2, 0) is 0 Å². The number of hydrogen-bond acceptors (Lipinski definition) is 5. The van der Waals surface area contributed by atoms with Gasteiger partial charge in [-0.15, -0.1) is 0 Å². The van der Waals surface area contributed by atoms with Gasteiger partial charge < -0.3 is 14.3 Å². The summed E-state index contributed by atoms with van der Waals surface area (Å²) in [5, 5.41) is 3.99. The molecule has 0 unspecified atom stereocenters. The maximum absolute atomic E-state index is 13.4. The molecule has 2 aliphatic heterocycles. The highest BCUT2D eigenvalue weighted by atomic mass is 16.5. The summed E-state index contributed by atoms with van der Waals surface area (Å²) >= 11 is 0. The standard InChI is InChI=1S/C24H26N4O2/c1-15-6-4-5-7-20(15)23-21-14-27(19-8-9-25-16(2)10-19)12-18(21)13-28(23)24(29)22-11-17(3)30-26-22/h4-11,18,21,23H,12-14H2,1-3H3/t18-,21-,23-/m0/s1. The van der Waals surface area contributed by atoms with Crippen molar-refractivity contribution >= 4 is 11.6 Å². The van der Waals surface area contributed by atoms with Crippen molar-refractivity contribution in [3.05, 3.63) is 76.9 Å². The number of likely N-dealkylation sites (tertiary alicyclic amines) is 1. The molecule has 0 bridgehead atoms. The minimum atomic E-state index is -0.0409. The minimum absolute atomic E-state index is 0.0358. The molecule has 2 saturated heterocycles. The van der Waals surface area contributed by atoms with E-state index in [1.54, 1.807) is 6.07 Å². The molecule has 154 valence electrons. The summed E-state index contributed by atoms with van der Waals surface area (Å²) < 4.78 is 5.18. The van der Waals surface area contributed by atoms with E-state index in [-0.39, 0.29) is 11.9 Å². The summed E-state index contributed by atoms with van der Waals surface area (Å²) in [6.45, 7) is 8.57. The number of fused-ring (bicyclic) bond motifs is 1. The highest BCUT2D eigenvalue weighted by Crippen LogP contribution is 2.47. The van der Waals surface area contributed by atoms with E-state index < -0.39 is 0 Å². The third-order valence-corrected chi connectivity index (χ3v) is 6.52. The number of benzene rings is 1. The zero-order valence-corrected chi connectivity index (χ0v) is 17.6. The molecule has 6 nitrogen and oxygen atoms in total. The third-order valence-electron chi connectivity index (χ3n) is 6.52. The molecule has 4 heterocycles. The highest BCUT2D eigenvalue weighted by molar-refractivity contribution is 5.93. The number of carbonyl (C=O) groups excluding carboxylic acids is 1. The van der Waals surface area contributed by atoms with Crippen molar-refractivity contribution in [1.29, 1.82) is 0 Å². The van der Waals surface area contributed by atoms with Crippen LogP contribution in [0.2, 0.25) is 0 Å². The van der Waals surface area contributed by atoms with Crippen molar-refractivity contribution in [2.24, 2.45) is 11.8 Å². The lowest BCUT2D eigenvalue weighted by atomic mass is 9.87. The molecule has 0 aliphatic carbocycles. The van der Waals surface area contributed by atoms with Gasteiger partial charge in [0.25, 0.3) is 5.91 Å². The fourth-order valence-electron chi connectivity index (χ4n) is 5.12. The van der Waals surface area contributed by atoms with Gasteiger partial charge in [-0.1, -0.05) is 29.4 Å². The average molecular weight is 402 g/mol. The van der Waals surface area contributed by atoms with E-state index >= 15 is 0 Å². The fourth-order valence-corrected chi connectivity index (χ4v) is 5.12. The maximum Gasteiger partial charge on any atom is 0.276 e. The number of anilines is 1. The number of amides is 1. The first-order chi connectivity index (χ1) is 14.5. The second-order valence-corrected chi connectivity index (χ2v) is 8.57. The number of pyridine rings is 1.